The Bertz CT molecular complexity index is 944. The number of hydrogen-bond acceptors (Lipinski definition) is 3. The van der Waals surface area contributed by atoms with E-state index in [4.69, 9.17) is 4.74 Å². The third-order valence-electron chi connectivity index (χ3n) is 10.4. The highest BCUT2D eigenvalue weighted by atomic mass is 16.5. The standard InChI is InChI=1S/C30H40O3/c1-20(31)26-12-13-28-25-11-8-22-19-23(32)14-17-29(22,2)27(25)15-18-30(26,28)16-4-5-21-6-9-24(33-3)10-7-21/h6-10,25-28H,4-5,11-19H2,1-3H3/t25-,26-,27-,28+,29-,30-/m1/s1. The number of aryl methyl sites for hydroxylation is 1. The first-order valence-corrected chi connectivity index (χ1v) is 13.2. The van der Waals surface area contributed by atoms with Gasteiger partial charge in [-0.2, -0.15) is 0 Å². The second-order valence-electron chi connectivity index (χ2n) is 11.7. The van der Waals surface area contributed by atoms with Gasteiger partial charge in [0.15, 0.2) is 0 Å². The van der Waals surface area contributed by atoms with E-state index in [1.54, 1.807) is 7.11 Å². The summed E-state index contributed by atoms with van der Waals surface area (Å²) in [6, 6.07) is 8.47. The molecule has 0 bridgehead atoms. The van der Waals surface area contributed by atoms with Crippen molar-refractivity contribution in [3.05, 3.63) is 41.5 Å². The Kier molecular flexibility index (Phi) is 6.04. The van der Waals surface area contributed by atoms with Crippen molar-refractivity contribution in [2.45, 2.75) is 84.5 Å². The first-order chi connectivity index (χ1) is 15.9. The van der Waals surface area contributed by atoms with Crippen LogP contribution >= 0.6 is 0 Å². The number of benzene rings is 1. The Morgan fingerprint density at radius 1 is 1.09 bits per heavy atom. The van der Waals surface area contributed by atoms with Gasteiger partial charge in [0.25, 0.3) is 0 Å². The number of allylic oxidation sites excluding steroid dienone is 2. The van der Waals surface area contributed by atoms with Crippen LogP contribution in [0.25, 0.3) is 0 Å². The van der Waals surface area contributed by atoms with Crippen molar-refractivity contribution < 1.29 is 14.3 Å². The zero-order valence-corrected chi connectivity index (χ0v) is 20.7. The molecular weight excluding hydrogens is 408 g/mol. The molecule has 3 fully saturated rings. The maximum atomic E-state index is 12.8. The Labute approximate surface area is 199 Å². The summed E-state index contributed by atoms with van der Waals surface area (Å²) in [5.74, 6) is 4.03. The first kappa shape index (κ1) is 22.9. The molecular formula is C30H40O3. The third kappa shape index (κ3) is 3.80. The predicted molar refractivity (Wildman–Crippen MR) is 131 cm³/mol. The fourth-order valence-corrected chi connectivity index (χ4v) is 8.79. The largest absolute Gasteiger partial charge is 0.497 e. The monoisotopic (exact) mass is 448 g/mol. The third-order valence-corrected chi connectivity index (χ3v) is 10.4. The van der Waals surface area contributed by atoms with E-state index in [-0.39, 0.29) is 16.7 Å². The van der Waals surface area contributed by atoms with Crippen LogP contribution in [0.4, 0.5) is 0 Å². The van der Waals surface area contributed by atoms with Crippen LogP contribution in [-0.2, 0) is 16.0 Å². The van der Waals surface area contributed by atoms with Gasteiger partial charge in [-0.3, -0.25) is 9.59 Å². The number of fused-ring (bicyclic) bond motifs is 5. The molecule has 0 saturated heterocycles. The van der Waals surface area contributed by atoms with Crippen LogP contribution in [0.1, 0.15) is 83.6 Å². The van der Waals surface area contributed by atoms with E-state index in [0.29, 0.717) is 35.7 Å². The van der Waals surface area contributed by atoms with E-state index < -0.39 is 0 Å². The fraction of sp³-hybridized carbons (Fsp3) is 0.667. The summed E-state index contributed by atoms with van der Waals surface area (Å²) in [5.41, 5.74) is 3.19. The van der Waals surface area contributed by atoms with Gasteiger partial charge in [-0.1, -0.05) is 30.7 Å². The molecule has 3 nitrogen and oxygen atoms in total. The lowest BCUT2D eigenvalue weighted by molar-refractivity contribution is -0.130. The van der Waals surface area contributed by atoms with Gasteiger partial charge in [0.1, 0.15) is 17.3 Å². The molecule has 0 amide bonds. The number of hydrogen-bond donors (Lipinski definition) is 0. The zero-order valence-electron chi connectivity index (χ0n) is 20.7. The summed E-state index contributed by atoms with van der Waals surface area (Å²) in [7, 11) is 1.71. The van der Waals surface area contributed by atoms with Crippen molar-refractivity contribution in [2.75, 3.05) is 7.11 Å². The van der Waals surface area contributed by atoms with Gasteiger partial charge in [0, 0.05) is 18.8 Å². The molecule has 0 aliphatic heterocycles. The molecule has 4 aliphatic carbocycles. The lowest BCUT2D eigenvalue weighted by Gasteiger charge is -2.58. The molecule has 178 valence electrons. The van der Waals surface area contributed by atoms with Gasteiger partial charge >= 0.3 is 0 Å². The molecule has 4 aliphatic rings. The minimum absolute atomic E-state index is 0.186. The molecule has 0 heterocycles. The number of ether oxygens (including phenoxy) is 1. The average Bonchev–Trinajstić information content (AvgIpc) is 3.20. The summed E-state index contributed by atoms with van der Waals surface area (Å²) in [5, 5.41) is 0. The van der Waals surface area contributed by atoms with Crippen LogP contribution in [0.15, 0.2) is 35.9 Å². The topological polar surface area (TPSA) is 43.4 Å². The first-order valence-electron chi connectivity index (χ1n) is 13.2. The summed E-state index contributed by atoms with van der Waals surface area (Å²) < 4.78 is 5.31. The van der Waals surface area contributed by atoms with Crippen LogP contribution in [0.2, 0.25) is 0 Å². The fourth-order valence-electron chi connectivity index (χ4n) is 8.79. The maximum absolute atomic E-state index is 12.8. The lowest BCUT2D eigenvalue weighted by atomic mass is 9.46. The molecule has 6 atom stereocenters. The summed E-state index contributed by atoms with van der Waals surface area (Å²) in [4.78, 5) is 25.0. The van der Waals surface area contributed by atoms with Crippen molar-refractivity contribution in [1.82, 2.24) is 0 Å². The van der Waals surface area contributed by atoms with Crippen molar-refractivity contribution in [1.29, 1.82) is 0 Å². The highest BCUT2D eigenvalue weighted by Gasteiger charge is 2.60. The SMILES string of the molecule is COc1ccc(CCC[C@]23CC[C@@H]4[C@@H](CC=C5CC(=O)CC[C@]54C)[C@@H]2CC[C@@H]3C(C)=O)cc1. The van der Waals surface area contributed by atoms with Crippen LogP contribution in [0, 0.1) is 34.5 Å². The minimum atomic E-state index is 0.186. The quantitative estimate of drug-likeness (QED) is 0.453. The molecule has 3 heteroatoms. The molecule has 0 aromatic heterocycles. The van der Waals surface area contributed by atoms with Crippen LogP contribution in [-0.4, -0.2) is 18.7 Å². The van der Waals surface area contributed by atoms with Crippen molar-refractivity contribution in [3.8, 4) is 5.75 Å². The molecule has 0 radical (unpaired) electrons. The van der Waals surface area contributed by atoms with Gasteiger partial charge in [0.05, 0.1) is 7.11 Å². The van der Waals surface area contributed by atoms with Gasteiger partial charge in [-0.05, 0) is 111 Å². The highest BCUT2D eigenvalue weighted by molar-refractivity contribution is 5.82. The number of carbonyl (C=O) groups is 2. The molecule has 0 spiro atoms. The zero-order chi connectivity index (χ0) is 23.2. The Morgan fingerprint density at radius 2 is 1.88 bits per heavy atom. The predicted octanol–water partition coefficient (Wildman–Crippen LogP) is 6.74. The van der Waals surface area contributed by atoms with E-state index >= 15 is 0 Å². The van der Waals surface area contributed by atoms with E-state index in [9.17, 15) is 9.59 Å². The smallest absolute Gasteiger partial charge is 0.136 e. The number of Topliss-reactive ketones (excluding diaryl/α,β-unsaturated/α-hetero) is 2. The van der Waals surface area contributed by atoms with E-state index in [2.05, 4.69) is 37.3 Å². The lowest BCUT2D eigenvalue weighted by Crippen LogP contribution is -2.51. The van der Waals surface area contributed by atoms with Crippen molar-refractivity contribution in [3.63, 3.8) is 0 Å². The highest BCUT2D eigenvalue weighted by Crippen LogP contribution is 2.67. The van der Waals surface area contributed by atoms with Crippen LogP contribution in [0.5, 0.6) is 5.75 Å². The summed E-state index contributed by atoms with van der Waals surface area (Å²) in [6.45, 7) is 4.30. The maximum Gasteiger partial charge on any atom is 0.136 e. The molecule has 0 unspecified atom stereocenters. The number of carbonyl (C=O) groups excluding carboxylic acids is 2. The van der Waals surface area contributed by atoms with Gasteiger partial charge in [-0.25, -0.2) is 0 Å². The van der Waals surface area contributed by atoms with Crippen LogP contribution < -0.4 is 4.74 Å². The van der Waals surface area contributed by atoms with Crippen molar-refractivity contribution in [2.24, 2.45) is 34.5 Å². The number of methoxy groups -OCH3 is 1. The van der Waals surface area contributed by atoms with Gasteiger partial charge < -0.3 is 4.74 Å². The summed E-state index contributed by atoms with van der Waals surface area (Å²) >= 11 is 0. The molecule has 1 aromatic carbocycles. The minimum Gasteiger partial charge on any atom is -0.497 e. The Morgan fingerprint density at radius 3 is 2.61 bits per heavy atom. The van der Waals surface area contributed by atoms with Gasteiger partial charge in [0.2, 0.25) is 0 Å². The average molecular weight is 449 g/mol. The molecule has 5 rings (SSSR count). The van der Waals surface area contributed by atoms with Crippen LogP contribution in [0.3, 0.4) is 0 Å². The second kappa shape index (κ2) is 8.71. The Hall–Kier alpha value is -1.90. The van der Waals surface area contributed by atoms with Gasteiger partial charge in [-0.15, -0.1) is 0 Å². The second-order valence-corrected chi connectivity index (χ2v) is 11.7. The Balaban J connectivity index is 1.37. The molecule has 3 saturated carbocycles. The normalized spacial score (nSPS) is 37.5. The summed E-state index contributed by atoms with van der Waals surface area (Å²) in [6.07, 6.45) is 14.2. The van der Waals surface area contributed by atoms with E-state index in [1.807, 2.05) is 6.92 Å². The van der Waals surface area contributed by atoms with Crippen molar-refractivity contribution >= 4 is 11.6 Å². The van der Waals surface area contributed by atoms with E-state index in [1.165, 1.54) is 36.8 Å². The number of rotatable bonds is 6. The van der Waals surface area contributed by atoms with E-state index in [0.717, 1.165) is 44.3 Å². The molecule has 1 aromatic rings. The number of ketones is 2. The molecule has 0 N–H and O–H groups in total. The molecule has 33 heavy (non-hydrogen) atoms.